The monoisotopic (exact) mass is 272 g/mol. The first-order valence-corrected chi connectivity index (χ1v) is 5.93. The summed E-state index contributed by atoms with van der Waals surface area (Å²) < 4.78 is 0. The molecule has 0 aliphatic carbocycles. The minimum absolute atomic E-state index is 0.682. The topological polar surface area (TPSA) is 83.1 Å². The number of aromatic amines is 2. The van der Waals surface area contributed by atoms with Crippen LogP contribution in [0.5, 0.6) is 0 Å². The summed E-state index contributed by atoms with van der Waals surface area (Å²) in [7, 11) is 0. The van der Waals surface area contributed by atoms with Crippen molar-refractivity contribution in [2.45, 2.75) is 0 Å². The van der Waals surface area contributed by atoms with E-state index in [-0.39, 0.29) is 0 Å². The Hall–Kier alpha value is -2.47. The van der Waals surface area contributed by atoms with Crippen LogP contribution in [0, 0.1) is 0 Å². The van der Waals surface area contributed by atoms with Gasteiger partial charge in [0.1, 0.15) is 11.0 Å². The van der Waals surface area contributed by atoms with Crippen LogP contribution in [-0.2, 0) is 0 Å². The standard InChI is InChI=1S/C6H4ClN3.C6H5N3/c7-4-1-2-5-6(3-4)9-10-8-5;1-2-4-6-5(3-1)7-9-8-6/h1-3H,(H,8,9,10);1-4H,(H,7,8,9). The third-order valence-electron chi connectivity index (χ3n) is 2.52. The van der Waals surface area contributed by atoms with Crippen molar-refractivity contribution in [3.8, 4) is 0 Å². The summed E-state index contributed by atoms with van der Waals surface area (Å²) in [5, 5.41) is 21.0. The molecule has 0 bridgehead atoms. The Morgan fingerprint density at radius 3 is 2.26 bits per heavy atom. The van der Waals surface area contributed by atoms with Crippen LogP contribution in [0.15, 0.2) is 42.5 Å². The van der Waals surface area contributed by atoms with Gasteiger partial charge in [-0.25, -0.2) is 0 Å². The fourth-order valence-electron chi connectivity index (χ4n) is 1.60. The molecule has 0 aliphatic heterocycles. The Bertz CT molecular complexity index is 776. The third-order valence-corrected chi connectivity index (χ3v) is 2.76. The zero-order valence-electron chi connectivity index (χ0n) is 9.71. The highest BCUT2D eigenvalue weighted by molar-refractivity contribution is 6.31. The zero-order chi connectivity index (χ0) is 13.1. The van der Waals surface area contributed by atoms with Crippen LogP contribution < -0.4 is 0 Å². The second-order valence-electron chi connectivity index (χ2n) is 3.80. The Balaban J connectivity index is 0.000000117. The van der Waals surface area contributed by atoms with Crippen molar-refractivity contribution < 1.29 is 0 Å². The molecule has 19 heavy (non-hydrogen) atoms. The van der Waals surface area contributed by atoms with Gasteiger partial charge in [0.2, 0.25) is 0 Å². The van der Waals surface area contributed by atoms with E-state index in [1.165, 1.54) is 0 Å². The van der Waals surface area contributed by atoms with Crippen molar-refractivity contribution in [2.24, 2.45) is 0 Å². The first kappa shape index (κ1) is 11.6. The average molecular weight is 273 g/mol. The van der Waals surface area contributed by atoms with Gasteiger partial charge in [-0.3, -0.25) is 10.2 Å². The van der Waals surface area contributed by atoms with E-state index in [1.54, 1.807) is 12.1 Å². The molecule has 2 aromatic heterocycles. The van der Waals surface area contributed by atoms with Crippen LogP contribution in [0.25, 0.3) is 22.1 Å². The predicted molar refractivity (Wildman–Crippen MR) is 72.8 cm³/mol. The summed E-state index contributed by atoms with van der Waals surface area (Å²) in [4.78, 5) is 0. The Morgan fingerprint density at radius 1 is 0.789 bits per heavy atom. The molecule has 7 heteroatoms. The minimum Gasteiger partial charge on any atom is -0.258 e. The van der Waals surface area contributed by atoms with E-state index in [2.05, 4.69) is 30.8 Å². The molecule has 4 aromatic rings. The number of aromatic nitrogens is 6. The Morgan fingerprint density at radius 2 is 1.47 bits per heavy atom. The van der Waals surface area contributed by atoms with Crippen molar-refractivity contribution in [1.29, 1.82) is 0 Å². The zero-order valence-corrected chi connectivity index (χ0v) is 10.5. The van der Waals surface area contributed by atoms with Gasteiger partial charge in [0, 0.05) is 5.02 Å². The van der Waals surface area contributed by atoms with E-state index < -0.39 is 0 Å². The highest BCUT2D eigenvalue weighted by Gasteiger charge is 1.95. The molecule has 2 N–H and O–H groups in total. The van der Waals surface area contributed by atoms with Crippen molar-refractivity contribution in [3.05, 3.63) is 47.5 Å². The van der Waals surface area contributed by atoms with Crippen LogP contribution in [0.2, 0.25) is 5.02 Å². The summed E-state index contributed by atoms with van der Waals surface area (Å²) in [6.07, 6.45) is 0. The lowest BCUT2D eigenvalue weighted by atomic mass is 10.3. The average Bonchev–Trinajstić information content (AvgIpc) is 3.07. The third kappa shape index (κ3) is 2.53. The van der Waals surface area contributed by atoms with Crippen molar-refractivity contribution in [3.63, 3.8) is 0 Å². The lowest BCUT2D eigenvalue weighted by molar-refractivity contribution is 0.959. The molecule has 0 radical (unpaired) electrons. The largest absolute Gasteiger partial charge is 0.258 e. The van der Waals surface area contributed by atoms with E-state index in [0.717, 1.165) is 22.1 Å². The first-order valence-electron chi connectivity index (χ1n) is 5.55. The molecule has 2 aromatic carbocycles. The van der Waals surface area contributed by atoms with E-state index in [1.807, 2.05) is 30.3 Å². The fourth-order valence-corrected chi connectivity index (χ4v) is 1.77. The number of nitrogens with zero attached hydrogens (tertiary/aromatic N) is 4. The number of halogens is 1. The van der Waals surface area contributed by atoms with Crippen molar-refractivity contribution in [2.75, 3.05) is 0 Å². The van der Waals surface area contributed by atoms with E-state index in [4.69, 9.17) is 11.6 Å². The maximum absolute atomic E-state index is 5.69. The molecule has 0 saturated heterocycles. The number of benzene rings is 2. The molecular formula is C12H9ClN6. The van der Waals surface area contributed by atoms with Crippen LogP contribution in [0.1, 0.15) is 0 Å². The molecule has 4 rings (SSSR count). The molecule has 0 saturated carbocycles. The lowest BCUT2D eigenvalue weighted by Crippen LogP contribution is -1.67. The summed E-state index contributed by atoms with van der Waals surface area (Å²) in [6, 6.07) is 13.1. The van der Waals surface area contributed by atoms with Gasteiger partial charge in [-0.15, -0.1) is 10.2 Å². The molecule has 2 heterocycles. The number of para-hydroxylation sites is 1. The van der Waals surface area contributed by atoms with Gasteiger partial charge in [0.05, 0.1) is 11.0 Å². The second kappa shape index (κ2) is 5.03. The minimum atomic E-state index is 0.682. The van der Waals surface area contributed by atoms with E-state index >= 15 is 0 Å². The van der Waals surface area contributed by atoms with Gasteiger partial charge in [0.15, 0.2) is 0 Å². The lowest BCUT2D eigenvalue weighted by Gasteiger charge is -1.85. The SMILES string of the molecule is Clc1ccc2[nH]nnc2c1.c1ccc2[nH]nnc2c1. The molecule has 0 unspecified atom stereocenters. The van der Waals surface area contributed by atoms with Gasteiger partial charge in [-0.1, -0.05) is 34.2 Å². The number of fused-ring (bicyclic) bond motifs is 2. The molecule has 0 fully saturated rings. The summed E-state index contributed by atoms with van der Waals surface area (Å²) >= 11 is 5.69. The van der Waals surface area contributed by atoms with Gasteiger partial charge >= 0.3 is 0 Å². The Labute approximate surface area is 112 Å². The number of hydrogen-bond acceptors (Lipinski definition) is 4. The normalized spacial score (nSPS) is 10.4. The van der Waals surface area contributed by atoms with Crippen molar-refractivity contribution in [1.82, 2.24) is 30.8 Å². The van der Waals surface area contributed by atoms with Crippen LogP contribution in [0.4, 0.5) is 0 Å². The summed E-state index contributed by atoms with van der Waals surface area (Å²) in [5.74, 6) is 0. The van der Waals surface area contributed by atoms with E-state index in [0.29, 0.717) is 5.02 Å². The Kier molecular flexibility index (Phi) is 3.07. The van der Waals surface area contributed by atoms with Crippen molar-refractivity contribution >= 4 is 33.7 Å². The highest BCUT2D eigenvalue weighted by atomic mass is 35.5. The number of H-pyrrole nitrogens is 2. The highest BCUT2D eigenvalue weighted by Crippen LogP contribution is 2.13. The van der Waals surface area contributed by atoms with Gasteiger partial charge < -0.3 is 0 Å². The quantitative estimate of drug-likeness (QED) is 0.515. The molecule has 0 spiro atoms. The van der Waals surface area contributed by atoms with Crippen LogP contribution in [-0.4, -0.2) is 30.8 Å². The molecule has 6 nitrogen and oxygen atoms in total. The number of hydrogen-bond donors (Lipinski definition) is 2. The van der Waals surface area contributed by atoms with Gasteiger partial charge in [0.25, 0.3) is 0 Å². The first-order chi connectivity index (χ1) is 9.33. The maximum Gasteiger partial charge on any atom is 0.114 e. The van der Waals surface area contributed by atoms with Crippen LogP contribution in [0.3, 0.4) is 0 Å². The van der Waals surface area contributed by atoms with Crippen LogP contribution >= 0.6 is 11.6 Å². The smallest absolute Gasteiger partial charge is 0.114 e. The van der Waals surface area contributed by atoms with Gasteiger partial charge in [-0.05, 0) is 30.3 Å². The summed E-state index contributed by atoms with van der Waals surface area (Å²) in [6.45, 7) is 0. The van der Waals surface area contributed by atoms with Gasteiger partial charge in [-0.2, -0.15) is 0 Å². The van der Waals surface area contributed by atoms with E-state index in [9.17, 15) is 0 Å². The number of nitrogens with one attached hydrogen (secondary N) is 2. The summed E-state index contributed by atoms with van der Waals surface area (Å²) in [5.41, 5.74) is 3.60. The molecule has 0 aliphatic rings. The molecule has 0 amide bonds. The number of rotatable bonds is 0. The predicted octanol–water partition coefficient (Wildman–Crippen LogP) is 2.57. The molecule has 0 atom stereocenters. The molecule has 94 valence electrons. The maximum atomic E-state index is 5.69. The fraction of sp³-hybridized carbons (Fsp3) is 0. The molecular weight excluding hydrogens is 264 g/mol. The second-order valence-corrected chi connectivity index (χ2v) is 4.24.